The molecular formula is C25H34N2O4. The standard InChI is InChI=1S/C25H34N2O4/c1-29-22-14-21(15-23(30-2)25(22)31-3)16-24(28)26-17-19-9-8-10-20(13-19)18-27-11-6-4-5-7-12-27/h8-10,13-15H,4-7,11-12,16-18H2,1-3H3,(H,26,28). The van der Waals surface area contributed by atoms with Crippen molar-refractivity contribution in [3.8, 4) is 17.2 Å². The SMILES string of the molecule is COc1cc(CC(=O)NCc2cccc(CN3CCCCCC3)c2)cc(OC)c1OC. The van der Waals surface area contributed by atoms with Crippen molar-refractivity contribution in [3.63, 3.8) is 0 Å². The number of nitrogens with one attached hydrogen (secondary N) is 1. The minimum absolute atomic E-state index is 0.0489. The molecule has 1 heterocycles. The Balaban J connectivity index is 1.57. The van der Waals surface area contributed by atoms with E-state index in [9.17, 15) is 4.79 Å². The van der Waals surface area contributed by atoms with Gasteiger partial charge in [0, 0.05) is 13.1 Å². The Morgan fingerprint density at radius 1 is 0.871 bits per heavy atom. The summed E-state index contributed by atoms with van der Waals surface area (Å²) in [6.07, 6.45) is 5.50. The first kappa shape index (κ1) is 22.9. The van der Waals surface area contributed by atoms with E-state index in [0.717, 1.165) is 17.7 Å². The summed E-state index contributed by atoms with van der Waals surface area (Å²) >= 11 is 0. The second-order valence-electron chi connectivity index (χ2n) is 8.00. The third kappa shape index (κ3) is 6.62. The van der Waals surface area contributed by atoms with E-state index < -0.39 is 0 Å². The van der Waals surface area contributed by atoms with E-state index in [4.69, 9.17) is 14.2 Å². The van der Waals surface area contributed by atoms with Crippen LogP contribution < -0.4 is 19.5 Å². The Bertz CT molecular complexity index is 835. The van der Waals surface area contributed by atoms with Gasteiger partial charge in [0.1, 0.15) is 0 Å². The third-order valence-corrected chi connectivity index (χ3v) is 5.68. The lowest BCUT2D eigenvalue weighted by molar-refractivity contribution is -0.120. The summed E-state index contributed by atoms with van der Waals surface area (Å²) in [7, 11) is 4.70. The van der Waals surface area contributed by atoms with Gasteiger partial charge in [-0.25, -0.2) is 0 Å². The van der Waals surface area contributed by atoms with E-state index in [1.807, 2.05) is 12.1 Å². The van der Waals surface area contributed by atoms with Crippen LogP contribution in [0.4, 0.5) is 0 Å². The molecule has 6 nitrogen and oxygen atoms in total. The van der Waals surface area contributed by atoms with Gasteiger partial charge in [-0.05, 0) is 54.8 Å². The first-order chi connectivity index (χ1) is 15.1. The van der Waals surface area contributed by atoms with Gasteiger partial charge in [0.15, 0.2) is 11.5 Å². The lowest BCUT2D eigenvalue weighted by atomic mass is 10.1. The van der Waals surface area contributed by atoms with Crippen molar-refractivity contribution in [2.45, 2.75) is 45.2 Å². The molecule has 1 fully saturated rings. The summed E-state index contributed by atoms with van der Waals surface area (Å²) in [4.78, 5) is 15.1. The molecule has 1 saturated heterocycles. The van der Waals surface area contributed by atoms with Gasteiger partial charge in [-0.2, -0.15) is 0 Å². The molecule has 0 bridgehead atoms. The summed E-state index contributed by atoms with van der Waals surface area (Å²) in [5, 5.41) is 3.03. The molecule has 0 spiro atoms. The molecule has 6 heteroatoms. The molecule has 0 saturated carbocycles. The average Bonchev–Trinajstić information content (AvgIpc) is 3.06. The number of amides is 1. The number of carbonyl (C=O) groups is 1. The van der Waals surface area contributed by atoms with Gasteiger partial charge in [0.25, 0.3) is 0 Å². The highest BCUT2D eigenvalue weighted by Gasteiger charge is 2.15. The molecule has 0 unspecified atom stereocenters. The third-order valence-electron chi connectivity index (χ3n) is 5.68. The van der Waals surface area contributed by atoms with Gasteiger partial charge in [0.05, 0.1) is 27.8 Å². The number of methoxy groups -OCH3 is 3. The van der Waals surface area contributed by atoms with Crippen molar-refractivity contribution < 1.29 is 19.0 Å². The van der Waals surface area contributed by atoms with Crippen molar-refractivity contribution >= 4 is 5.91 Å². The Hall–Kier alpha value is -2.73. The maximum Gasteiger partial charge on any atom is 0.224 e. The fraction of sp³-hybridized carbons (Fsp3) is 0.480. The van der Waals surface area contributed by atoms with Crippen LogP contribution in [0.15, 0.2) is 36.4 Å². The van der Waals surface area contributed by atoms with Crippen molar-refractivity contribution in [3.05, 3.63) is 53.1 Å². The van der Waals surface area contributed by atoms with E-state index in [1.165, 1.54) is 44.3 Å². The number of hydrogen-bond acceptors (Lipinski definition) is 5. The van der Waals surface area contributed by atoms with E-state index >= 15 is 0 Å². The molecule has 0 aliphatic carbocycles. The van der Waals surface area contributed by atoms with Gasteiger partial charge in [-0.15, -0.1) is 0 Å². The number of ether oxygens (including phenoxy) is 3. The van der Waals surface area contributed by atoms with Crippen molar-refractivity contribution in [1.82, 2.24) is 10.2 Å². The molecule has 3 rings (SSSR count). The highest BCUT2D eigenvalue weighted by Crippen LogP contribution is 2.38. The van der Waals surface area contributed by atoms with Crippen LogP contribution in [0.5, 0.6) is 17.2 Å². The molecule has 0 aromatic heterocycles. The number of carbonyl (C=O) groups excluding carboxylic acids is 1. The first-order valence-corrected chi connectivity index (χ1v) is 11.0. The van der Waals surface area contributed by atoms with Gasteiger partial charge in [-0.1, -0.05) is 37.1 Å². The van der Waals surface area contributed by atoms with E-state index in [2.05, 4.69) is 34.5 Å². The smallest absolute Gasteiger partial charge is 0.224 e. The van der Waals surface area contributed by atoms with Crippen LogP contribution in [0.1, 0.15) is 42.4 Å². The molecule has 2 aromatic rings. The molecule has 31 heavy (non-hydrogen) atoms. The van der Waals surface area contributed by atoms with Crippen LogP contribution in [0, 0.1) is 0 Å². The van der Waals surface area contributed by atoms with Crippen LogP contribution in [0.2, 0.25) is 0 Å². The number of likely N-dealkylation sites (tertiary alicyclic amines) is 1. The lowest BCUT2D eigenvalue weighted by Crippen LogP contribution is -2.25. The summed E-state index contributed by atoms with van der Waals surface area (Å²) in [6, 6.07) is 12.1. The molecule has 1 amide bonds. The largest absolute Gasteiger partial charge is 0.493 e. The second-order valence-corrected chi connectivity index (χ2v) is 8.00. The number of nitrogens with zero attached hydrogens (tertiary/aromatic N) is 1. The van der Waals surface area contributed by atoms with Crippen LogP contribution in [-0.4, -0.2) is 45.2 Å². The Kier molecular flexibility index (Phi) is 8.59. The van der Waals surface area contributed by atoms with Gasteiger partial charge < -0.3 is 19.5 Å². The number of benzene rings is 2. The maximum atomic E-state index is 12.5. The van der Waals surface area contributed by atoms with Crippen LogP contribution in [0.3, 0.4) is 0 Å². The molecule has 0 atom stereocenters. The number of hydrogen-bond donors (Lipinski definition) is 1. The molecule has 1 N–H and O–H groups in total. The monoisotopic (exact) mass is 426 g/mol. The molecule has 168 valence electrons. The topological polar surface area (TPSA) is 60.0 Å². The zero-order valence-corrected chi connectivity index (χ0v) is 18.9. The van der Waals surface area contributed by atoms with E-state index in [0.29, 0.717) is 23.8 Å². The van der Waals surface area contributed by atoms with Crippen molar-refractivity contribution in [2.75, 3.05) is 34.4 Å². The normalized spacial score (nSPS) is 14.5. The summed E-state index contributed by atoms with van der Waals surface area (Å²) in [6.45, 7) is 3.84. The minimum atomic E-state index is -0.0489. The van der Waals surface area contributed by atoms with E-state index in [1.54, 1.807) is 21.3 Å². The Morgan fingerprint density at radius 2 is 1.52 bits per heavy atom. The summed E-state index contributed by atoms with van der Waals surface area (Å²) in [5.74, 6) is 1.57. The van der Waals surface area contributed by atoms with Gasteiger partial charge in [0.2, 0.25) is 11.7 Å². The fourth-order valence-electron chi connectivity index (χ4n) is 4.08. The molecule has 2 aromatic carbocycles. The maximum absolute atomic E-state index is 12.5. The lowest BCUT2D eigenvalue weighted by Gasteiger charge is -2.20. The van der Waals surface area contributed by atoms with Crippen LogP contribution in [-0.2, 0) is 24.3 Å². The van der Waals surface area contributed by atoms with Crippen LogP contribution in [0.25, 0.3) is 0 Å². The first-order valence-electron chi connectivity index (χ1n) is 11.0. The zero-order valence-electron chi connectivity index (χ0n) is 18.9. The molecule has 0 radical (unpaired) electrons. The predicted molar refractivity (Wildman–Crippen MR) is 122 cm³/mol. The Morgan fingerprint density at radius 3 is 2.13 bits per heavy atom. The highest BCUT2D eigenvalue weighted by molar-refractivity contribution is 5.79. The average molecular weight is 427 g/mol. The van der Waals surface area contributed by atoms with Crippen LogP contribution >= 0.6 is 0 Å². The van der Waals surface area contributed by atoms with E-state index in [-0.39, 0.29) is 12.3 Å². The quantitative estimate of drug-likeness (QED) is 0.658. The van der Waals surface area contributed by atoms with Crippen molar-refractivity contribution in [1.29, 1.82) is 0 Å². The summed E-state index contributed by atoms with van der Waals surface area (Å²) in [5.41, 5.74) is 3.23. The number of rotatable bonds is 9. The second kappa shape index (κ2) is 11.6. The molecule has 1 aliphatic heterocycles. The molecular weight excluding hydrogens is 392 g/mol. The molecule has 1 aliphatic rings. The van der Waals surface area contributed by atoms with Crippen molar-refractivity contribution in [2.24, 2.45) is 0 Å². The fourth-order valence-corrected chi connectivity index (χ4v) is 4.08. The Labute approximate surface area is 185 Å². The van der Waals surface area contributed by atoms with Gasteiger partial charge in [-0.3, -0.25) is 9.69 Å². The minimum Gasteiger partial charge on any atom is -0.493 e. The highest BCUT2D eigenvalue weighted by atomic mass is 16.5. The zero-order chi connectivity index (χ0) is 22.1. The predicted octanol–water partition coefficient (Wildman–Crippen LogP) is 3.95. The summed E-state index contributed by atoms with van der Waals surface area (Å²) < 4.78 is 16.1. The van der Waals surface area contributed by atoms with Gasteiger partial charge >= 0.3 is 0 Å².